The first kappa shape index (κ1) is 32.7. The van der Waals surface area contributed by atoms with Gasteiger partial charge in [-0.1, -0.05) is 59.6 Å². The molecular formula is C32H34Cl2N6O4. The Morgan fingerprint density at radius 2 is 1.05 bits per heavy atom. The number of nitrogens with two attached hydrogens (primary N) is 2. The van der Waals surface area contributed by atoms with Crippen LogP contribution in [0.1, 0.15) is 34.6 Å². The standard InChI is InChI=1S/C32H34Cl2N6O4/c1-17(35)15-37-29(41)23-11-13-25(39-31(23)43-3)21-9-5-7-19(27(21)33)20-8-6-10-22(28(20)34)26-14-12-24(32(40-26)44-4)30(42)38-16-18(2)36/h5-14,17-18H,15-16,35-36H2,1-4H3,(H,37,41)(H,38,42). The van der Waals surface area contributed by atoms with Gasteiger partial charge in [0.25, 0.3) is 11.8 Å². The zero-order chi connectivity index (χ0) is 32.0. The fraction of sp³-hybridized carbons (Fsp3) is 0.250. The number of pyridine rings is 2. The molecule has 4 aromatic rings. The average molecular weight is 638 g/mol. The van der Waals surface area contributed by atoms with Crippen LogP contribution in [0, 0.1) is 0 Å². The number of hydrogen-bond acceptors (Lipinski definition) is 8. The zero-order valence-corrected chi connectivity index (χ0v) is 26.3. The Labute approximate surface area is 266 Å². The maximum Gasteiger partial charge on any atom is 0.256 e. The van der Waals surface area contributed by atoms with E-state index in [0.29, 0.717) is 56.8 Å². The summed E-state index contributed by atoms with van der Waals surface area (Å²) >= 11 is 13.9. The van der Waals surface area contributed by atoms with E-state index in [1.807, 2.05) is 36.4 Å². The van der Waals surface area contributed by atoms with Gasteiger partial charge in [0, 0.05) is 47.4 Å². The third-order valence-corrected chi connectivity index (χ3v) is 7.42. The van der Waals surface area contributed by atoms with E-state index in [-0.39, 0.29) is 46.8 Å². The molecule has 0 saturated carbocycles. The Morgan fingerprint density at radius 3 is 1.39 bits per heavy atom. The Balaban J connectivity index is 1.70. The van der Waals surface area contributed by atoms with Crippen LogP contribution in [-0.2, 0) is 0 Å². The molecule has 0 aliphatic heterocycles. The van der Waals surface area contributed by atoms with Crippen molar-refractivity contribution < 1.29 is 19.1 Å². The molecule has 0 radical (unpaired) electrons. The molecule has 10 nitrogen and oxygen atoms in total. The summed E-state index contributed by atoms with van der Waals surface area (Å²) < 4.78 is 10.8. The van der Waals surface area contributed by atoms with E-state index in [0.717, 1.165) is 0 Å². The minimum Gasteiger partial charge on any atom is -0.480 e. The molecule has 4 rings (SSSR count). The maximum absolute atomic E-state index is 12.7. The number of nitrogens with one attached hydrogen (secondary N) is 2. The number of nitrogens with zero attached hydrogens (tertiary/aromatic N) is 2. The third-order valence-electron chi connectivity index (χ3n) is 6.61. The lowest BCUT2D eigenvalue weighted by molar-refractivity contribution is 0.0939. The number of hydrogen-bond donors (Lipinski definition) is 4. The second kappa shape index (κ2) is 14.5. The van der Waals surface area contributed by atoms with Crippen LogP contribution < -0.4 is 31.6 Å². The number of methoxy groups -OCH3 is 2. The Morgan fingerprint density at radius 1 is 0.682 bits per heavy atom. The lowest BCUT2D eigenvalue weighted by Crippen LogP contribution is -2.35. The molecule has 12 heteroatoms. The molecule has 0 bridgehead atoms. The van der Waals surface area contributed by atoms with Crippen molar-refractivity contribution >= 4 is 35.0 Å². The quantitative estimate of drug-likeness (QED) is 0.180. The van der Waals surface area contributed by atoms with E-state index in [1.54, 1.807) is 38.1 Å². The number of ether oxygens (including phenoxy) is 2. The lowest BCUT2D eigenvalue weighted by atomic mass is 9.98. The van der Waals surface area contributed by atoms with E-state index in [4.69, 9.17) is 44.1 Å². The number of carbonyl (C=O) groups excluding carboxylic acids is 2. The molecule has 44 heavy (non-hydrogen) atoms. The summed E-state index contributed by atoms with van der Waals surface area (Å²) in [5, 5.41) is 6.33. The van der Waals surface area contributed by atoms with Gasteiger partial charge in [0.1, 0.15) is 11.1 Å². The highest BCUT2D eigenvalue weighted by atomic mass is 35.5. The van der Waals surface area contributed by atoms with Crippen molar-refractivity contribution in [2.24, 2.45) is 11.5 Å². The molecule has 2 aromatic heterocycles. The van der Waals surface area contributed by atoms with Crippen molar-refractivity contribution in [3.8, 4) is 45.4 Å². The van der Waals surface area contributed by atoms with Crippen molar-refractivity contribution in [3.63, 3.8) is 0 Å². The first-order valence-electron chi connectivity index (χ1n) is 13.8. The summed E-state index contributed by atoms with van der Waals surface area (Å²) in [5.41, 5.74) is 15.6. The Kier molecular flexibility index (Phi) is 10.8. The number of amides is 2. The van der Waals surface area contributed by atoms with Crippen LogP contribution in [0.5, 0.6) is 11.8 Å². The maximum atomic E-state index is 12.7. The summed E-state index contributed by atoms with van der Waals surface area (Å²) in [6.45, 7) is 4.22. The van der Waals surface area contributed by atoms with Crippen LogP contribution in [0.4, 0.5) is 0 Å². The van der Waals surface area contributed by atoms with Crippen LogP contribution in [-0.4, -0.2) is 61.2 Å². The smallest absolute Gasteiger partial charge is 0.256 e. The molecule has 2 atom stereocenters. The Hall–Kier alpha value is -4.22. The fourth-order valence-corrected chi connectivity index (χ4v) is 5.06. The van der Waals surface area contributed by atoms with Gasteiger partial charge in [0.2, 0.25) is 11.8 Å². The van der Waals surface area contributed by atoms with Gasteiger partial charge in [-0.25, -0.2) is 9.97 Å². The van der Waals surface area contributed by atoms with Gasteiger partial charge in [-0.05, 0) is 38.1 Å². The van der Waals surface area contributed by atoms with Crippen molar-refractivity contribution in [1.29, 1.82) is 0 Å². The summed E-state index contributed by atoms with van der Waals surface area (Å²) in [4.78, 5) is 34.4. The first-order chi connectivity index (χ1) is 21.0. The van der Waals surface area contributed by atoms with Gasteiger partial charge in [0.05, 0.1) is 35.7 Å². The highest BCUT2D eigenvalue weighted by molar-refractivity contribution is 6.39. The zero-order valence-electron chi connectivity index (χ0n) is 24.8. The number of carbonyl (C=O) groups is 2. The number of rotatable bonds is 11. The molecule has 0 fully saturated rings. The normalized spacial score (nSPS) is 12.3. The minimum absolute atomic E-state index is 0.154. The molecule has 230 valence electrons. The largest absolute Gasteiger partial charge is 0.480 e. The van der Waals surface area contributed by atoms with E-state index in [1.165, 1.54) is 14.2 Å². The lowest BCUT2D eigenvalue weighted by Gasteiger charge is -2.15. The van der Waals surface area contributed by atoms with E-state index in [2.05, 4.69) is 20.6 Å². The molecule has 0 aliphatic carbocycles. The number of benzene rings is 2. The SMILES string of the molecule is COc1nc(-c2cccc(-c3cccc(-c4ccc(C(=O)NCC(C)N)c(OC)n4)c3Cl)c2Cl)ccc1C(=O)NCC(C)N. The number of halogens is 2. The topological polar surface area (TPSA) is 154 Å². The molecular weight excluding hydrogens is 603 g/mol. The molecule has 2 amide bonds. The second-order valence-electron chi connectivity index (χ2n) is 10.2. The van der Waals surface area contributed by atoms with Crippen LogP contribution in [0.15, 0.2) is 60.7 Å². The van der Waals surface area contributed by atoms with Gasteiger partial charge in [-0.15, -0.1) is 0 Å². The average Bonchev–Trinajstić information content (AvgIpc) is 3.02. The molecule has 0 aliphatic rings. The number of aromatic nitrogens is 2. The van der Waals surface area contributed by atoms with Crippen LogP contribution in [0.3, 0.4) is 0 Å². The molecule has 2 heterocycles. The van der Waals surface area contributed by atoms with Crippen LogP contribution in [0.2, 0.25) is 10.0 Å². The third kappa shape index (κ3) is 7.28. The highest BCUT2D eigenvalue weighted by Gasteiger charge is 2.21. The minimum atomic E-state index is -0.342. The van der Waals surface area contributed by atoms with Crippen molar-refractivity contribution in [3.05, 3.63) is 81.8 Å². The predicted octanol–water partition coefficient (Wildman–Crippen LogP) is 4.96. The summed E-state index contributed by atoms with van der Waals surface area (Å²) in [7, 11) is 2.89. The van der Waals surface area contributed by atoms with E-state index in [9.17, 15) is 9.59 Å². The van der Waals surface area contributed by atoms with Gasteiger partial charge < -0.3 is 31.6 Å². The molecule has 0 saturated heterocycles. The van der Waals surface area contributed by atoms with Crippen molar-refractivity contribution in [2.45, 2.75) is 25.9 Å². The van der Waals surface area contributed by atoms with Crippen molar-refractivity contribution in [1.82, 2.24) is 20.6 Å². The summed E-state index contributed by atoms with van der Waals surface area (Å²) in [5.74, 6) is -0.377. The van der Waals surface area contributed by atoms with Gasteiger partial charge >= 0.3 is 0 Å². The van der Waals surface area contributed by atoms with Gasteiger partial charge in [-0.2, -0.15) is 0 Å². The fourth-order valence-electron chi connectivity index (χ4n) is 4.41. The van der Waals surface area contributed by atoms with E-state index >= 15 is 0 Å². The molecule has 2 aromatic carbocycles. The van der Waals surface area contributed by atoms with Crippen molar-refractivity contribution in [2.75, 3.05) is 27.3 Å². The van der Waals surface area contributed by atoms with Gasteiger partial charge in [0.15, 0.2) is 0 Å². The first-order valence-corrected chi connectivity index (χ1v) is 14.6. The summed E-state index contributed by atoms with van der Waals surface area (Å²) in [6.07, 6.45) is 0. The molecule has 6 N–H and O–H groups in total. The van der Waals surface area contributed by atoms with Crippen LogP contribution in [0.25, 0.3) is 33.6 Å². The van der Waals surface area contributed by atoms with Gasteiger partial charge in [-0.3, -0.25) is 9.59 Å². The van der Waals surface area contributed by atoms with Crippen LogP contribution >= 0.6 is 23.2 Å². The van der Waals surface area contributed by atoms with E-state index < -0.39 is 0 Å². The summed E-state index contributed by atoms with van der Waals surface area (Å²) in [6, 6.07) is 17.3. The Bertz CT molecular complexity index is 1560. The molecule has 0 spiro atoms. The monoisotopic (exact) mass is 636 g/mol. The second-order valence-corrected chi connectivity index (χ2v) is 11.0. The molecule has 2 unspecified atom stereocenters. The predicted molar refractivity (Wildman–Crippen MR) is 173 cm³/mol. The highest BCUT2D eigenvalue weighted by Crippen LogP contribution is 2.42.